The van der Waals surface area contributed by atoms with Crippen molar-refractivity contribution in [1.82, 2.24) is 9.97 Å². The van der Waals surface area contributed by atoms with Crippen LogP contribution >= 0.6 is 15.9 Å². The molecule has 500 valence electrons. The lowest BCUT2D eigenvalue weighted by atomic mass is 9.80. The summed E-state index contributed by atoms with van der Waals surface area (Å²) < 4.78 is 51.2. The van der Waals surface area contributed by atoms with Crippen LogP contribution in [0.4, 0.5) is 0 Å². The van der Waals surface area contributed by atoms with E-state index in [4.69, 9.17) is 42.9 Å². The van der Waals surface area contributed by atoms with Crippen LogP contribution in [0.1, 0.15) is 76.4 Å². The van der Waals surface area contributed by atoms with E-state index >= 15 is 0 Å². The summed E-state index contributed by atoms with van der Waals surface area (Å²) in [4.78, 5) is 32.4. The first kappa shape index (κ1) is 70.4. The van der Waals surface area contributed by atoms with Gasteiger partial charge in [0.25, 0.3) is 0 Å². The van der Waals surface area contributed by atoms with Crippen molar-refractivity contribution in [3.8, 4) is 57.0 Å². The minimum Gasteiger partial charge on any atom is -0.508 e. The Morgan fingerprint density at radius 2 is 0.727 bits per heavy atom. The molecule has 0 aliphatic carbocycles. The monoisotopic (exact) mass is 1380 g/mol. The number of hydrogen-bond acceptors (Lipinski definition) is 14. The third-order valence-corrected chi connectivity index (χ3v) is 17.1. The second-order valence-corrected chi connectivity index (χ2v) is 23.1. The maximum Gasteiger partial charge on any atom is 0.337 e. The van der Waals surface area contributed by atoms with E-state index in [9.17, 15) is 14.7 Å². The van der Waals surface area contributed by atoms with Crippen LogP contribution in [0.3, 0.4) is 0 Å². The zero-order valence-electron chi connectivity index (χ0n) is 55.8. The third kappa shape index (κ3) is 17.6. The van der Waals surface area contributed by atoms with Crippen LogP contribution in [-0.2, 0) is 55.3 Å². The van der Waals surface area contributed by atoms with Crippen molar-refractivity contribution in [2.75, 3.05) is 42.7 Å². The molecule has 0 amide bonds. The summed E-state index contributed by atoms with van der Waals surface area (Å²) in [7, 11) is 9.39. The first-order valence-electron chi connectivity index (χ1n) is 31.7. The van der Waals surface area contributed by atoms with Crippen LogP contribution in [0, 0.1) is 0 Å². The molecule has 0 spiro atoms. The van der Waals surface area contributed by atoms with E-state index in [-0.39, 0.29) is 17.7 Å². The molecule has 14 nitrogen and oxygen atoms in total. The molecule has 99 heavy (non-hydrogen) atoms. The van der Waals surface area contributed by atoms with Crippen LogP contribution in [0.5, 0.6) is 34.5 Å². The molecule has 1 N–H and O–H groups in total. The predicted molar refractivity (Wildman–Crippen MR) is 388 cm³/mol. The maximum atomic E-state index is 11.9. The number of pyridine rings is 2. The van der Waals surface area contributed by atoms with Crippen molar-refractivity contribution in [1.29, 1.82) is 0 Å². The number of alkyl halides is 1. The van der Waals surface area contributed by atoms with E-state index in [1.54, 1.807) is 70.9 Å². The van der Waals surface area contributed by atoms with E-state index in [0.29, 0.717) is 36.7 Å². The van der Waals surface area contributed by atoms with Crippen LogP contribution in [0.2, 0.25) is 0 Å². The highest BCUT2D eigenvalue weighted by molar-refractivity contribution is 9.08. The number of methoxy groups -OCH3 is 6. The molecule has 15 heteroatoms. The number of rotatable bonds is 24. The van der Waals surface area contributed by atoms with Gasteiger partial charge in [-0.1, -0.05) is 186 Å². The molecular formula is C84H75BrN2O12. The SMILES string of the molecule is COC(=O)c1cccc(CBr)c1.COC(=O)c1cccc(COc2cccc(-c3ccc(COC(c4ccccc4)(c4ccc(OC)cc4)c4ccc(OC)cc4)cn3)c2)c1.COc1ccc(C(OCc2ccc(-c3cccc(O)c3)nc2)(c2ccccc2)c2ccc(OC)cc2)cc1. The van der Waals surface area contributed by atoms with Crippen LogP contribution in [0.15, 0.2) is 291 Å². The number of carbonyl (C=O) groups is 2. The Kier molecular flexibility index (Phi) is 24.6. The molecule has 0 saturated carbocycles. The van der Waals surface area contributed by atoms with Gasteiger partial charge < -0.3 is 47.7 Å². The van der Waals surface area contributed by atoms with Crippen LogP contribution in [-0.4, -0.2) is 69.7 Å². The fourth-order valence-electron chi connectivity index (χ4n) is 11.3. The molecule has 0 radical (unpaired) electrons. The van der Waals surface area contributed by atoms with Gasteiger partial charge >= 0.3 is 11.9 Å². The topological polar surface area (TPSA) is 163 Å². The second-order valence-electron chi connectivity index (χ2n) is 22.6. The fourth-order valence-corrected chi connectivity index (χ4v) is 11.6. The molecular weight excluding hydrogens is 1310 g/mol. The number of esters is 2. The average molecular weight is 1380 g/mol. The van der Waals surface area contributed by atoms with E-state index < -0.39 is 11.2 Å². The summed E-state index contributed by atoms with van der Waals surface area (Å²) in [5.74, 6) is 3.32. The van der Waals surface area contributed by atoms with Gasteiger partial charge in [0.05, 0.1) is 78.4 Å². The summed E-state index contributed by atoms with van der Waals surface area (Å²) >= 11 is 3.31. The number of nitrogens with zero attached hydrogens (tertiary/aromatic N) is 2. The molecule has 0 bridgehead atoms. The van der Waals surface area contributed by atoms with Gasteiger partial charge in [0.15, 0.2) is 0 Å². The summed E-state index contributed by atoms with van der Waals surface area (Å²) in [6.45, 7) is 0.928. The van der Waals surface area contributed by atoms with E-state index in [2.05, 4.69) is 49.9 Å². The van der Waals surface area contributed by atoms with Crippen molar-refractivity contribution in [2.45, 2.75) is 36.4 Å². The number of phenolic OH excluding ortho intramolecular Hbond substituents is 1. The standard InChI is InChI=1S/C42H37NO6.C33H29NO4.C9H9BrO2/c1-45-37-20-16-35(17-21-37)42(34-12-5-4-6-13-34,36-18-22-38(46-2)23-19-36)49-29-31-15-24-40(43-27-31)32-10-8-14-39(26-32)48-28-30-9-7-11-33(25-30)41(44)47-3;1-36-30-16-12-27(13-17-30)33(26-8-4-3-5-9-26,28-14-18-31(37-2)19-15-28)38-23-24-11-20-32(34-22-24)25-7-6-10-29(35)21-25;1-12-9(11)8-4-2-3-7(5-8)6-10/h4-27H,28-29H2,1-3H3;3-22,35H,23H2,1-2H3;2-5H,6H2,1H3. The van der Waals surface area contributed by atoms with Gasteiger partial charge in [0, 0.05) is 28.9 Å². The van der Waals surface area contributed by atoms with Crippen molar-refractivity contribution < 1.29 is 57.3 Å². The predicted octanol–water partition coefficient (Wildman–Crippen LogP) is 18.0. The largest absolute Gasteiger partial charge is 0.508 e. The molecule has 0 fully saturated rings. The lowest BCUT2D eigenvalue weighted by Crippen LogP contribution is -2.32. The van der Waals surface area contributed by atoms with Crippen molar-refractivity contribution in [3.05, 3.63) is 358 Å². The van der Waals surface area contributed by atoms with Gasteiger partial charge in [-0.2, -0.15) is 0 Å². The van der Waals surface area contributed by atoms with Crippen LogP contribution in [0.25, 0.3) is 22.5 Å². The molecule has 0 atom stereocenters. The highest BCUT2D eigenvalue weighted by atomic mass is 79.9. The van der Waals surface area contributed by atoms with Gasteiger partial charge in [-0.3, -0.25) is 9.97 Å². The third-order valence-electron chi connectivity index (χ3n) is 16.4. The van der Waals surface area contributed by atoms with Gasteiger partial charge in [0.2, 0.25) is 0 Å². The minimum atomic E-state index is -0.930. The Balaban J connectivity index is 0.000000187. The smallest absolute Gasteiger partial charge is 0.337 e. The molecule has 2 heterocycles. The Morgan fingerprint density at radius 3 is 1.10 bits per heavy atom. The fraction of sp³-hybridized carbons (Fsp3) is 0.143. The number of aromatic hydroxyl groups is 1. The Bertz CT molecular complexity index is 4430. The Morgan fingerprint density at radius 1 is 0.354 bits per heavy atom. The summed E-state index contributed by atoms with van der Waals surface area (Å²) in [6, 6.07) is 89.7. The van der Waals surface area contributed by atoms with E-state index in [1.165, 1.54) is 14.2 Å². The number of ether oxygens (including phenoxy) is 9. The number of halogens is 1. The number of aromatic nitrogens is 2. The van der Waals surface area contributed by atoms with Gasteiger partial charge in [0.1, 0.15) is 52.3 Å². The zero-order valence-corrected chi connectivity index (χ0v) is 57.3. The van der Waals surface area contributed by atoms with Crippen LogP contribution < -0.4 is 23.7 Å². The number of phenols is 1. The number of carbonyl (C=O) groups excluding carboxylic acids is 2. The summed E-state index contributed by atoms with van der Waals surface area (Å²) in [5, 5.41) is 10.6. The van der Waals surface area contributed by atoms with Crippen molar-refractivity contribution >= 4 is 27.9 Å². The minimum absolute atomic E-state index is 0.211. The first-order valence-corrected chi connectivity index (χ1v) is 32.8. The maximum absolute atomic E-state index is 11.9. The molecule has 0 aliphatic heterocycles. The Labute approximate surface area is 586 Å². The molecule has 12 rings (SSSR count). The molecule has 0 aliphatic rings. The average Bonchev–Trinajstić information content (AvgIpc) is 0.760. The quantitative estimate of drug-likeness (QED) is 0.0345. The zero-order chi connectivity index (χ0) is 69.4. The molecule has 10 aromatic carbocycles. The summed E-state index contributed by atoms with van der Waals surface area (Å²) in [6.07, 6.45) is 3.66. The number of hydrogen-bond donors (Lipinski definition) is 1. The lowest BCUT2D eigenvalue weighted by molar-refractivity contribution is -0.000000544. The van der Waals surface area contributed by atoms with Crippen molar-refractivity contribution in [3.63, 3.8) is 0 Å². The second kappa shape index (κ2) is 34.5. The molecule has 0 saturated heterocycles. The van der Waals surface area contributed by atoms with Gasteiger partial charge in [-0.15, -0.1) is 0 Å². The van der Waals surface area contributed by atoms with E-state index in [1.807, 2.05) is 225 Å². The van der Waals surface area contributed by atoms with Gasteiger partial charge in [-0.25, -0.2) is 9.59 Å². The first-order chi connectivity index (χ1) is 48.4. The Hall–Kier alpha value is -11.4. The lowest BCUT2D eigenvalue weighted by Gasteiger charge is -2.36. The highest BCUT2D eigenvalue weighted by Gasteiger charge is 2.39. The molecule has 0 unspecified atom stereocenters. The highest BCUT2D eigenvalue weighted by Crippen LogP contribution is 2.44. The molecule has 2 aromatic heterocycles. The van der Waals surface area contributed by atoms with E-state index in [0.717, 1.165) is 106 Å². The molecule has 12 aromatic rings. The van der Waals surface area contributed by atoms with Gasteiger partial charge in [-0.05, 0) is 165 Å². The number of benzene rings is 10. The summed E-state index contributed by atoms with van der Waals surface area (Å²) in [5.41, 5.74) is 12.2. The normalized spacial score (nSPS) is 10.9. The van der Waals surface area contributed by atoms with Crippen molar-refractivity contribution in [2.24, 2.45) is 0 Å².